The third-order valence-corrected chi connectivity index (χ3v) is 4.51. The molecule has 1 aliphatic rings. The van der Waals surface area contributed by atoms with Gasteiger partial charge in [0.15, 0.2) is 0 Å². The van der Waals surface area contributed by atoms with Crippen LogP contribution < -0.4 is 0 Å². The molecular weight excluding hydrogens is 344 g/mol. The predicted molar refractivity (Wildman–Crippen MR) is 101 cm³/mol. The second-order valence-electron chi connectivity index (χ2n) is 6.46. The Morgan fingerprint density at radius 3 is 2.37 bits per heavy atom. The van der Waals surface area contributed by atoms with Crippen LogP contribution in [0.1, 0.15) is 17.5 Å². The van der Waals surface area contributed by atoms with Gasteiger partial charge in [-0.1, -0.05) is 60.7 Å². The molecule has 0 aliphatic carbocycles. The predicted octanol–water partition coefficient (Wildman–Crippen LogP) is 3.03. The van der Waals surface area contributed by atoms with Crippen molar-refractivity contribution in [3.63, 3.8) is 0 Å². The number of hydrogen-bond donors (Lipinski definition) is 0. The fourth-order valence-corrected chi connectivity index (χ4v) is 3.04. The zero-order chi connectivity index (χ0) is 19.1. The molecular formula is C21H24N2O4. The number of rotatable bonds is 7. The molecule has 6 heteroatoms. The highest BCUT2D eigenvalue weighted by atomic mass is 16.7. The summed E-state index contributed by atoms with van der Waals surface area (Å²) in [6.07, 6.45) is 0.666. The van der Waals surface area contributed by atoms with Crippen molar-refractivity contribution in [1.29, 1.82) is 0 Å². The van der Waals surface area contributed by atoms with E-state index < -0.39 is 12.1 Å². The molecule has 1 fully saturated rings. The zero-order valence-corrected chi connectivity index (χ0v) is 15.4. The van der Waals surface area contributed by atoms with Crippen LogP contribution in [0.3, 0.4) is 0 Å². The zero-order valence-electron chi connectivity index (χ0n) is 15.4. The van der Waals surface area contributed by atoms with Crippen LogP contribution in [-0.4, -0.2) is 48.2 Å². The first-order valence-electron chi connectivity index (χ1n) is 9.07. The second-order valence-corrected chi connectivity index (χ2v) is 6.46. The fourth-order valence-electron chi connectivity index (χ4n) is 3.04. The smallest absolute Gasteiger partial charge is 0.410 e. The summed E-state index contributed by atoms with van der Waals surface area (Å²) >= 11 is 0. The molecule has 0 spiro atoms. The molecule has 0 aromatic heterocycles. The molecule has 27 heavy (non-hydrogen) atoms. The summed E-state index contributed by atoms with van der Waals surface area (Å²) in [6, 6.07) is 18.6. The van der Waals surface area contributed by atoms with Crippen molar-refractivity contribution >= 4 is 12.0 Å². The standard InChI is InChI=1S/C21H24N2O4/c1-22(27-16-18-11-6-3-7-12-18)20(24)19(15-17-9-4-2-5-10-17)23-13-8-14-26-21(23)25/h2-7,9-12,19H,8,13-16H2,1H3/t19-/m1/s1. The van der Waals surface area contributed by atoms with Gasteiger partial charge in [-0.25, -0.2) is 9.86 Å². The Morgan fingerprint density at radius 1 is 1.11 bits per heavy atom. The number of carbonyl (C=O) groups excluding carboxylic acids is 2. The van der Waals surface area contributed by atoms with E-state index in [-0.39, 0.29) is 12.5 Å². The summed E-state index contributed by atoms with van der Waals surface area (Å²) in [5, 5.41) is 1.22. The molecule has 2 aromatic rings. The SMILES string of the molecule is CN(OCc1ccccc1)C(=O)[C@@H](Cc1ccccc1)N1CCCOC1=O. The Labute approximate surface area is 159 Å². The van der Waals surface area contributed by atoms with Crippen LogP contribution in [0.5, 0.6) is 0 Å². The van der Waals surface area contributed by atoms with Crippen molar-refractivity contribution in [2.24, 2.45) is 0 Å². The fraction of sp³-hybridized carbons (Fsp3) is 0.333. The van der Waals surface area contributed by atoms with Crippen molar-refractivity contribution in [3.8, 4) is 0 Å². The summed E-state index contributed by atoms with van der Waals surface area (Å²) < 4.78 is 5.14. The maximum Gasteiger partial charge on any atom is 0.410 e. The Morgan fingerprint density at radius 2 is 1.74 bits per heavy atom. The van der Waals surface area contributed by atoms with Gasteiger partial charge in [-0.3, -0.25) is 14.5 Å². The van der Waals surface area contributed by atoms with E-state index in [2.05, 4.69) is 0 Å². The van der Waals surface area contributed by atoms with Crippen molar-refractivity contribution in [1.82, 2.24) is 9.96 Å². The highest BCUT2D eigenvalue weighted by Gasteiger charge is 2.35. The lowest BCUT2D eigenvalue weighted by atomic mass is 10.0. The number of likely N-dealkylation sites (N-methyl/N-ethyl adjacent to an activating group) is 1. The van der Waals surface area contributed by atoms with E-state index in [0.717, 1.165) is 11.1 Å². The maximum absolute atomic E-state index is 13.1. The summed E-state index contributed by atoms with van der Waals surface area (Å²) in [5.41, 5.74) is 1.94. The molecule has 3 rings (SSSR count). The quantitative estimate of drug-likeness (QED) is 0.705. The van der Waals surface area contributed by atoms with Crippen molar-refractivity contribution < 1.29 is 19.2 Å². The third-order valence-electron chi connectivity index (χ3n) is 4.51. The molecule has 0 radical (unpaired) electrons. The lowest BCUT2D eigenvalue weighted by Gasteiger charge is -2.34. The molecule has 1 aliphatic heterocycles. The number of amides is 2. The van der Waals surface area contributed by atoms with Crippen LogP contribution in [0.15, 0.2) is 60.7 Å². The molecule has 0 saturated carbocycles. The van der Waals surface area contributed by atoms with Gasteiger partial charge < -0.3 is 4.74 Å². The van der Waals surface area contributed by atoms with Gasteiger partial charge in [0.25, 0.3) is 5.91 Å². The lowest BCUT2D eigenvalue weighted by Crippen LogP contribution is -2.53. The minimum Gasteiger partial charge on any atom is -0.449 e. The molecule has 6 nitrogen and oxygen atoms in total. The van der Waals surface area contributed by atoms with Gasteiger partial charge in [0, 0.05) is 20.0 Å². The molecule has 2 aromatic carbocycles. The van der Waals surface area contributed by atoms with Crippen LogP contribution in [-0.2, 0) is 27.4 Å². The third kappa shape index (κ3) is 5.08. The molecule has 2 amide bonds. The van der Waals surface area contributed by atoms with E-state index >= 15 is 0 Å². The molecule has 0 N–H and O–H groups in total. The van der Waals surface area contributed by atoms with E-state index in [1.54, 1.807) is 7.05 Å². The summed E-state index contributed by atoms with van der Waals surface area (Å²) in [6.45, 7) is 1.17. The van der Waals surface area contributed by atoms with E-state index in [1.165, 1.54) is 9.96 Å². The second kappa shape index (κ2) is 9.19. The number of carbonyl (C=O) groups is 2. The maximum atomic E-state index is 13.1. The van der Waals surface area contributed by atoms with Crippen LogP contribution in [0.25, 0.3) is 0 Å². The van der Waals surface area contributed by atoms with E-state index in [1.807, 2.05) is 60.7 Å². The average Bonchev–Trinajstić information content (AvgIpc) is 2.72. The van der Waals surface area contributed by atoms with E-state index in [9.17, 15) is 9.59 Å². The van der Waals surface area contributed by atoms with Crippen molar-refractivity contribution in [2.45, 2.75) is 25.5 Å². The number of benzene rings is 2. The minimum absolute atomic E-state index is 0.270. The molecule has 0 unspecified atom stereocenters. The highest BCUT2D eigenvalue weighted by Crippen LogP contribution is 2.17. The monoisotopic (exact) mass is 368 g/mol. The normalized spacial score (nSPS) is 15.1. The number of ether oxygens (including phenoxy) is 1. The number of cyclic esters (lactones) is 1. The Kier molecular flexibility index (Phi) is 6.44. The van der Waals surface area contributed by atoms with Gasteiger partial charge in [0.1, 0.15) is 12.6 Å². The Hall–Kier alpha value is -2.86. The lowest BCUT2D eigenvalue weighted by molar-refractivity contribution is -0.188. The van der Waals surface area contributed by atoms with Gasteiger partial charge >= 0.3 is 6.09 Å². The molecule has 1 atom stereocenters. The van der Waals surface area contributed by atoms with Gasteiger partial charge in [-0.2, -0.15) is 0 Å². The topological polar surface area (TPSA) is 59.1 Å². The first kappa shape index (κ1) is 18.9. The van der Waals surface area contributed by atoms with E-state index in [0.29, 0.717) is 26.0 Å². The van der Waals surface area contributed by atoms with Crippen LogP contribution in [0.2, 0.25) is 0 Å². The van der Waals surface area contributed by atoms with Crippen LogP contribution in [0.4, 0.5) is 4.79 Å². The Balaban J connectivity index is 1.71. The summed E-state index contributed by atoms with van der Waals surface area (Å²) in [4.78, 5) is 32.4. The molecule has 1 saturated heterocycles. The van der Waals surface area contributed by atoms with Gasteiger partial charge in [0.2, 0.25) is 0 Å². The largest absolute Gasteiger partial charge is 0.449 e. The highest BCUT2D eigenvalue weighted by molar-refractivity contribution is 5.85. The average molecular weight is 368 g/mol. The summed E-state index contributed by atoms with van der Waals surface area (Å²) in [7, 11) is 1.58. The van der Waals surface area contributed by atoms with E-state index in [4.69, 9.17) is 9.57 Å². The minimum atomic E-state index is -0.666. The molecule has 142 valence electrons. The van der Waals surface area contributed by atoms with Gasteiger partial charge in [-0.15, -0.1) is 0 Å². The van der Waals surface area contributed by atoms with Crippen LogP contribution >= 0.6 is 0 Å². The van der Waals surface area contributed by atoms with Gasteiger partial charge in [-0.05, 0) is 17.5 Å². The van der Waals surface area contributed by atoms with Crippen LogP contribution in [0, 0.1) is 0 Å². The number of nitrogens with zero attached hydrogens (tertiary/aromatic N) is 2. The molecule has 1 heterocycles. The number of hydroxylamine groups is 2. The van der Waals surface area contributed by atoms with Gasteiger partial charge in [0.05, 0.1) is 6.61 Å². The number of hydrogen-bond acceptors (Lipinski definition) is 4. The Bertz CT molecular complexity index is 751. The summed E-state index contributed by atoms with van der Waals surface area (Å²) in [5.74, 6) is -0.270. The first-order chi connectivity index (χ1) is 13.1. The molecule has 0 bridgehead atoms. The van der Waals surface area contributed by atoms with Crippen molar-refractivity contribution in [2.75, 3.05) is 20.2 Å². The van der Waals surface area contributed by atoms with Crippen molar-refractivity contribution in [3.05, 3.63) is 71.8 Å². The first-order valence-corrected chi connectivity index (χ1v) is 9.07.